The maximum Gasteiger partial charge on any atom is 0.245 e. The summed E-state index contributed by atoms with van der Waals surface area (Å²) in [7, 11) is 0. The van der Waals surface area contributed by atoms with Gasteiger partial charge in [-0.1, -0.05) is 30.3 Å². The maximum atomic E-state index is 13.1. The van der Waals surface area contributed by atoms with Crippen LogP contribution in [0.15, 0.2) is 41.8 Å². The summed E-state index contributed by atoms with van der Waals surface area (Å²) < 4.78 is 0. The van der Waals surface area contributed by atoms with Gasteiger partial charge in [-0.05, 0) is 35.4 Å². The van der Waals surface area contributed by atoms with Crippen molar-refractivity contribution in [1.29, 1.82) is 0 Å². The van der Waals surface area contributed by atoms with Crippen molar-refractivity contribution in [3.63, 3.8) is 0 Å². The minimum absolute atomic E-state index is 0.0505. The summed E-state index contributed by atoms with van der Waals surface area (Å²) in [6, 6.07) is 11.8. The van der Waals surface area contributed by atoms with Crippen LogP contribution in [0.25, 0.3) is 0 Å². The van der Waals surface area contributed by atoms with Gasteiger partial charge in [0.25, 0.3) is 0 Å². The Morgan fingerprint density at radius 1 is 1.04 bits per heavy atom. The minimum Gasteiger partial charge on any atom is -0.341 e. The van der Waals surface area contributed by atoms with Crippen LogP contribution in [0.1, 0.15) is 28.8 Å². The molecular weight excluding hydrogens is 332 g/mol. The molecule has 2 aliphatic rings. The largest absolute Gasteiger partial charge is 0.341 e. The first-order chi connectivity index (χ1) is 12.2. The van der Waals surface area contributed by atoms with Gasteiger partial charge >= 0.3 is 0 Å². The molecule has 130 valence electrons. The molecule has 0 aliphatic carbocycles. The third-order valence-electron chi connectivity index (χ3n) is 5.18. The van der Waals surface area contributed by atoms with Gasteiger partial charge in [0.2, 0.25) is 11.8 Å². The quantitative estimate of drug-likeness (QED) is 0.850. The highest BCUT2D eigenvalue weighted by molar-refractivity contribution is 7.10. The lowest BCUT2D eigenvalue weighted by Crippen LogP contribution is -2.53. The van der Waals surface area contributed by atoms with E-state index in [0.717, 1.165) is 36.4 Å². The predicted molar refractivity (Wildman–Crippen MR) is 98.3 cm³/mol. The predicted octanol–water partition coefficient (Wildman–Crippen LogP) is 2.87. The number of hydrogen-bond donors (Lipinski definition) is 0. The molecule has 0 radical (unpaired) electrons. The van der Waals surface area contributed by atoms with Crippen LogP contribution < -0.4 is 0 Å². The van der Waals surface area contributed by atoms with Crippen molar-refractivity contribution in [2.24, 2.45) is 0 Å². The van der Waals surface area contributed by atoms with Crippen LogP contribution in [-0.2, 0) is 29.0 Å². The molecule has 0 bridgehead atoms. The third kappa shape index (κ3) is 3.33. The first-order valence-corrected chi connectivity index (χ1v) is 9.78. The summed E-state index contributed by atoms with van der Waals surface area (Å²) in [5.41, 5.74) is 2.35. The highest BCUT2D eigenvalue weighted by atomic mass is 32.1. The molecule has 1 fully saturated rings. The highest BCUT2D eigenvalue weighted by Gasteiger charge is 2.37. The number of fused-ring (bicyclic) bond motifs is 1. The van der Waals surface area contributed by atoms with E-state index in [4.69, 9.17) is 0 Å². The van der Waals surface area contributed by atoms with E-state index in [1.807, 2.05) is 39.4 Å². The number of amides is 2. The first-order valence-electron chi connectivity index (χ1n) is 8.90. The fraction of sp³-hybridized carbons (Fsp3) is 0.400. The van der Waals surface area contributed by atoms with Crippen molar-refractivity contribution in [3.8, 4) is 0 Å². The molecule has 2 amide bonds. The van der Waals surface area contributed by atoms with Gasteiger partial charge in [0, 0.05) is 30.9 Å². The van der Waals surface area contributed by atoms with E-state index >= 15 is 0 Å². The Morgan fingerprint density at radius 3 is 2.52 bits per heavy atom. The standard InChI is InChI=1S/C20H22N2O2S/c23-19(13-17-8-5-11-25-17)22-14-16-7-2-1-6-15(16)12-18(22)20(24)21-9-3-4-10-21/h1-2,5-8,11,18H,3-4,9-10,12-14H2/t18-/m0/s1. The van der Waals surface area contributed by atoms with Crippen molar-refractivity contribution in [2.75, 3.05) is 13.1 Å². The summed E-state index contributed by atoms with van der Waals surface area (Å²) in [5.74, 6) is 0.168. The molecule has 4 nitrogen and oxygen atoms in total. The topological polar surface area (TPSA) is 40.6 Å². The molecule has 0 unspecified atom stereocenters. The summed E-state index contributed by atoms with van der Waals surface area (Å²) in [6.45, 7) is 2.18. The number of carbonyl (C=O) groups excluding carboxylic acids is 2. The summed E-state index contributed by atoms with van der Waals surface area (Å²) >= 11 is 1.59. The van der Waals surface area contributed by atoms with Crippen LogP contribution in [-0.4, -0.2) is 40.7 Å². The molecule has 1 aromatic heterocycles. The van der Waals surface area contributed by atoms with E-state index in [0.29, 0.717) is 19.4 Å². The van der Waals surface area contributed by atoms with Gasteiger partial charge in [-0.15, -0.1) is 11.3 Å². The number of thiophene rings is 1. The molecule has 1 saturated heterocycles. The molecule has 2 aliphatic heterocycles. The number of likely N-dealkylation sites (tertiary alicyclic amines) is 1. The molecule has 0 spiro atoms. The Bertz CT molecular complexity index is 766. The molecule has 1 atom stereocenters. The van der Waals surface area contributed by atoms with Crippen LogP contribution in [0.3, 0.4) is 0 Å². The van der Waals surface area contributed by atoms with Crippen LogP contribution in [0.4, 0.5) is 0 Å². The number of hydrogen-bond acceptors (Lipinski definition) is 3. The zero-order valence-electron chi connectivity index (χ0n) is 14.2. The molecule has 0 N–H and O–H groups in total. The molecule has 1 aromatic carbocycles. The molecule has 4 rings (SSSR count). The van der Waals surface area contributed by atoms with E-state index in [1.165, 1.54) is 5.56 Å². The van der Waals surface area contributed by atoms with Gasteiger partial charge in [-0.3, -0.25) is 9.59 Å². The SMILES string of the molecule is O=C([C@@H]1Cc2ccccc2CN1C(=O)Cc1cccs1)N1CCCC1. The van der Waals surface area contributed by atoms with E-state index in [2.05, 4.69) is 12.1 Å². The Morgan fingerprint density at radius 2 is 1.80 bits per heavy atom. The highest BCUT2D eigenvalue weighted by Crippen LogP contribution is 2.26. The van der Waals surface area contributed by atoms with Gasteiger partial charge in [0.1, 0.15) is 6.04 Å². The molecular formula is C20H22N2O2S. The third-order valence-corrected chi connectivity index (χ3v) is 6.05. The van der Waals surface area contributed by atoms with E-state index in [-0.39, 0.29) is 17.9 Å². The van der Waals surface area contributed by atoms with Crippen molar-refractivity contribution >= 4 is 23.2 Å². The normalized spacial score (nSPS) is 19.8. The number of nitrogens with zero attached hydrogens (tertiary/aromatic N) is 2. The van der Waals surface area contributed by atoms with Gasteiger partial charge in [-0.25, -0.2) is 0 Å². The monoisotopic (exact) mass is 354 g/mol. The van der Waals surface area contributed by atoms with Gasteiger partial charge in [-0.2, -0.15) is 0 Å². The second-order valence-electron chi connectivity index (χ2n) is 6.80. The van der Waals surface area contributed by atoms with Crippen LogP contribution in [0.5, 0.6) is 0 Å². The summed E-state index contributed by atoms with van der Waals surface area (Å²) in [6.07, 6.45) is 3.14. The number of rotatable bonds is 3. The molecule has 25 heavy (non-hydrogen) atoms. The zero-order chi connectivity index (χ0) is 17.2. The van der Waals surface area contributed by atoms with Gasteiger partial charge in [0.15, 0.2) is 0 Å². The molecule has 5 heteroatoms. The van der Waals surface area contributed by atoms with Crippen LogP contribution in [0.2, 0.25) is 0 Å². The van der Waals surface area contributed by atoms with E-state index in [9.17, 15) is 9.59 Å². The lowest BCUT2D eigenvalue weighted by atomic mass is 9.93. The number of benzene rings is 1. The van der Waals surface area contributed by atoms with E-state index < -0.39 is 0 Å². The molecule has 3 heterocycles. The van der Waals surface area contributed by atoms with Crippen LogP contribution in [0, 0.1) is 0 Å². The average molecular weight is 354 g/mol. The van der Waals surface area contributed by atoms with Crippen molar-refractivity contribution in [1.82, 2.24) is 9.80 Å². The Labute approximate surface area is 152 Å². The zero-order valence-corrected chi connectivity index (χ0v) is 15.0. The summed E-state index contributed by atoms with van der Waals surface area (Å²) in [5, 5.41) is 1.99. The van der Waals surface area contributed by atoms with Crippen LogP contribution >= 0.6 is 11.3 Å². The number of carbonyl (C=O) groups is 2. The van der Waals surface area contributed by atoms with Gasteiger partial charge in [0.05, 0.1) is 6.42 Å². The lowest BCUT2D eigenvalue weighted by Gasteiger charge is -2.38. The Balaban J connectivity index is 1.60. The fourth-order valence-electron chi connectivity index (χ4n) is 3.82. The maximum absolute atomic E-state index is 13.1. The Hall–Kier alpha value is -2.14. The minimum atomic E-state index is -0.361. The first kappa shape index (κ1) is 16.3. The van der Waals surface area contributed by atoms with Crippen molar-refractivity contribution in [2.45, 2.75) is 38.3 Å². The molecule has 0 saturated carbocycles. The smallest absolute Gasteiger partial charge is 0.245 e. The van der Waals surface area contributed by atoms with Crippen molar-refractivity contribution < 1.29 is 9.59 Å². The fourth-order valence-corrected chi connectivity index (χ4v) is 4.51. The molecule has 2 aromatic rings. The Kier molecular flexibility index (Phi) is 4.57. The summed E-state index contributed by atoms with van der Waals surface area (Å²) in [4.78, 5) is 30.8. The average Bonchev–Trinajstić information content (AvgIpc) is 3.33. The second kappa shape index (κ2) is 7.00. The van der Waals surface area contributed by atoms with Gasteiger partial charge < -0.3 is 9.80 Å². The lowest BCUT2D eigenvalue weighted by molar-refractivity contribution is -0.146. The van der Waals surface area contributed by atoms with E-state index in [1.54, 1.807) is 11.3 Å². The second-order valence-corrected chi connectivity index (χ2v) is 7.83. The van der Waals surface area contributed by atoms with Crippen molar-refractivity contribution in [3.05, 3.63) is 57.8 Å².